The lowest BCUT2D eigenvalue weighted by atomic mass is 10.2. The molecule has 0 aliphatic heterocycles. The van der Waals surface area contributed by atoms with Crippen LogP contribution in [0.2, 0.25) is 0 Å². The van der Waals surface area contributed by atoms with Gasteiger partial charge >= 0.3 is 0 Å². The minimum absolute atomic E-state index is 0.164. The first-order valence-electron chi connectivity index (χ1n) is 6.16. The van der Waals surface area contributed by atoms with Gasteiger partial charge in [-0.05, 0) is 30.3 Å². The van der Waals surface area contributed by atoms with Gasteiger partial charge in [0.25, 0.3) is 10.0 Å². The molecule has 21 heavy (non-hydrogen) atoms. The zero-order chi connectivity index (χ0) is 14.9. The van der Waals surface area contributed by atoms with Crippen LogP contribution in [0.5, 0.6) is 0 Å². The molecule has 0 aliphatic carbocycles. The first kappa shape index (κ1) is 13.4. The minimum atomic E-state index is -3.69. The molecular formula is C15H11NO4S. The Morgan fingerprint density at radius 1 is 1.00 bits per heavy atom. The number of nitrogens with zero attached hydrogens (tertiary/aromatic N) is 1. The smallest absolute Gasteiger partial charge is 0.267 e. The summed E-state index contributed by atoms with van der Waals surface area (Å²) < 4.78 is 30.8. The van der Waals surface area contributed by atoms with Crippen molar-refractivity contribution in [3.8, 4) is 0 Å². The molecule has 0 radical (unpaired) electrons. The van der Waals surface area contributed by atoms with Crippen LogP contribution >= 0.6 is 0 Å². The largest absolute Gasteiger partial charge is 0.461 e. The lowest BCUT2D eigenvalue weighted by Gasteiger charge is -2.04. The molecule has 2 aromatic heterocycles. The van der Waals surface area contributed by atoms with Crippen LogP contribution in [0, 0.1) is 0 Å². The van der Waals surface area contributed by atoms with Crippen molar-refractivity contribution in [2.75, 3.05) is 0 Å². The molecule has 0 saturated heterocycles. The third-order valence-electron chi connectivity index (χ3n) is 2.99. The summed E-state index contributed by atoms with van der Waals surface area (Å²) in [7, 11) is -3.69. The second-order valence-electron chi connectivity index (χ2n) is 4.35. The molecule has 0 saturated carbocycles. The standard InChI is InChI=1S/C15H11NO4S/c17-15(14-7-4-10-20-14)12-8-9-16(11-12)21(18,19)13-5-2-1-3-6-13/h1-11H. The topological polar surface area (TPSA) is 69.3 Å². The Balaban J connectivity index is 1.97. The Morgan fingerprint density at radius 2 is 1.76 bits per heavy atom. The van der Waals surface area contributed by atoms with Gasteiger partial charge in [0.05, 0.1) is 11.2 Å². The van der Waals surface area contributed by atoms with Gasteiger partial charge in [0.15, 0.2) is 5.76 Å². The Kier molecular flexibility index (Phi) is 3.23. The summed E-state index contributed by atoms with van der Waals surface area (Å²) in [5.74, 6) is -0.188. The van der Waals surface area contributed by atoms with Gasteiger partial charge in [0.2, 0.25) is 5.78 Å². The third kappa shape index (κ3) is 2.41. The van der Waals surface area contributed by atoms with E-state index in [9.17, 15) is 13.2 Å². The van der Waals surface area contributed by atoms with Gasteiger partial charge in [-0.25, -0.2) is 12.4 Å². The van der Waals surface area contributed by atoms with E-state index >= 15 is 0 Å². The van der Waals surface area contributed by atoms with Crippen molar-refractivity contribution < 1.29 is 17.6 Å². The minimum Gasteiger partial charge on any atom is -0.461 e. The Labute approximate surface area is 121 Å². The highest BCUT2D eigenvalue weighted by Crippen LogP contribution is 2.17. The molecule has 0 bridgehead atoms. The van der Waals surface area contributed by atoms with E-state index in [0.29, 0.717) is 0 Å². The average Bonchev–Trinajstić information content (AvgIpc) is 3.19. The van der Waals surface area contributed by atoms with E-state index in [1.165, 1.54) is 42.9 Å². The Bertz CT molecular complexity index is 862. The monoisotopic (exact) mass is 301 g/mol. The van der Waals surface area contributed by atoms with Gasteiger partial charge in [-0.15, -0.1) is 0 Å². The summed E-state index contributed by atoms with van der Waals surface area (Å²) >= 11 is 0. The fourth-order valence-electron chi connectivity index (χ4n) is 1.92. The SMILES string of the molecule is O=C(c1ccn(S(=O)(=O)c2ccccc2)c1)c1ccco1. The molecule has 0 spiro atoms. The second-order valence-corrected chi connectivity index (χ2v) is 6.20. The first-order valence-corrected chi connectivity index (χ1v) is 7.60. The lowest BCUT2D eigenvalue weighted by Crippen LogP contribution is -2.11. The lowest BCUT2D eigenvalue weighted by molar-refractivity contribution is 0.101. The number of benzene rings is 1. The van der Waals surface area contributed by atoms with Gasteiger partial charge in [-0.3, -0.25) is 4.79 Å². The molecule has 0 N–H and O–H groups in total. The van der Waals surface area contributed by atoms with Crippen molar-refractivity contribution in [1.82, 2.24) is 3.97 Å². The van der Waals surface area contributed by atoms with Crippen LogP contribution in [-0.4, -0.2) is 18.2 Å². The maximum Gasteiger partial charge on any atom is 0.267 e. The fourth-order valence-corrected chi connectivity index (χ4v) is 3.14. The normalized spacial score (nSPS) is 11.4. The summed E-state index contributed by atoms with van der Waals surface area (Å²) in [5, 5.41) is 0. The second kappa shape index (κ2) is 5.06. The van der Waals surface area contributed by atoms with Crippen molar-refractivity contribution >= 4 is 15.8 Å². The Morgan fingerprint density at radius 3 is 2.43 bits per heavy atom. The van der Waals surface area contributed by atoms with Crippen LogP contribution in [0.25, 0.3) is 0 Å². The quantitative estimate of drug-likeness (QED) is 0.694. The van der Waals surface area contributed by atoms with Crippen LogP contribution in [0.15, 0.2) is 76.5 Å². The summed E-state index contributed by atoms with van der Waals surface area (Å²) in [6, 6.07) is 12.6. The number of ketones is 1. The van der Waals surface area contributed by atoms with Crippen LogP contribution in [0.1, 0.15) is 16.1 Å². The van der Waals surface area contributed by atoms with Gasteiger partial charge in [0, 0.05) is 18.0 Å². The van der Waals surface area contributed by atoms with E-state index < -0.39 is 10.0 Å². The van der Waals surface area contributed by atoms with Gasteiger partial charge in [0.1, 0.15) is 0 Å². The van der Waals surface area contributed by atoms with Crippen molar-refractivity contribution in [3.05, 3.63) is 78.5 Å². The predicted octanol–water partition coefficient (Wildman–Crippen LogP) is 2.55. The highest BCUT2D eigenvalue weighted by molar-refractivity contribution is 7.90. The summed E-state index contributed by atoms with van der Waals surface area (Å²) in [6.45, 7) is 0. The van der Waals surface area contributed by atoms with Gasteiger partial charge in [-0.2, -0.15) is 0 Å². The van der Waals surface area contributed by atoms with Crippen molar-refractivity contribution in [1.29, 1.82) is 0 Å². The zero-order valence-electron chi connectivity index (χ0n) is 10.8. The highest BCUT2D eigenvalue weighted by Gasteiger charge is 2.19. The molecule has 0 fully saturated rings. The number of furan rings is 1. The van der Waals surface area contributed by atoms with Crippen LogP contribution < -0.4 is 0 Å². The maximum absolute atomic E-state index is 12.4. The fraction of sp³-hybridized carbons (Fsp3) is 0. The van der Waals surface area contributed by atoms with Crippen LogP contribution in [-0.2, 0) is 10.0 Å². The molecule has 6 heteroatoms. The zero-order valence-corrected chi connectivity index (χ0v) is 11.7. The Hall–Kier alpha value is -2.60. The number of carbonyl (C=O) groups excluding carboxylic acids is 1. The van der Waals surface area contributed by atoms with E-state index in [1.807, 2.05) is 0 Å². The molecular weight excluding hydrogens is 290 g/mol. The summed E-state index contributed by atoms with van der Waals surface area (Å²) in [4.78, 5) is 12.2. The molecule has 3 aromatic rings. The van der Waals surface area contributed by atoms with E-state index in [1.54, 1.807) is 24.3 Å². The number of carbonyl (C=O) groups is 1. The summed E-state index contributed by atoms with van der Waals surface area (Å²) in [6.07, 6.45) is 4.02. The highest BCUT2D eigenvalue weighted by atomic mass is 32.2. The molecule has 5 nitrogen and oxygen atoms in total. The van der Waals surface area contributed by atoms with E-state index in [4.69, 9.17) is 4.42 Å². The van der Waals surface area contributed by atoms with Gasteiger partial charge in [-0.1, -0.05) is 18.2 Å². The molecule has 3 rings (SSSR count). The molecule has 0 amide bonds. The number of hydrogen-bond donors (Lipinski definition) is 0. The molecule has 2 heterocycles. The third-order valence-corrected chi connectivity index (χ3v) is 4.64. The van der Waals surface area contributed by atoms with Crippen molar-refractivity contribution in [3.63, 3.8) is 0 Å². The molecule has 0 atom stereocenters. The molecule has 0 aliphatic rings. The van der Waals surface area contributed by atoms with Gasteiger partial charge < -0.3 is 4.42 Å². The summed E-state index contributed by atoms with van der Waals surface area (Å²) in [5.41, 5.74) is 0.254. The molecule has 106 valence electrons. The maximum atomic E-state index is 12.4. The molecule has 0 unspecified atom stereocenters. The number of hydrogen-bond acceptors (Lipinski definition) is 4. The van der Waals surface area contributed by atoms with E-state index in [0.717, 1.165) is 3.97 Å². The average molecular weight is 301 g/mol. The predicted molar refractivity (Wildman–Crippen MR) is 75.6 cm³/mol. The van der Waals surface area contributed by atoms with E-state index in [2.05, 4.69) is 0 Å². The van der Waals surface area contributed by atoms with E-state index in [-0.39, 0.29) is 22.0 Å². The number of aromatic nitrogens is 1. The van der Waals surface area contributed by atoms with Crippen molar-refractivity contribution in [2.45, 2.75) is 4.90 Å². The van der Waals surface area contributed by atoms with Crippen LogP contribution in [0.4, 0.5) is 0 Å². The first-order chi connectivity index (χ1) is 10.1. The van der Waals surface area contributed by atoms with Crippen molar-refractivity contribution in [2.24, 2.45) is 0 Å². The number of rotatable bonds is 4. The van der Waals surface area contributed by atoms with Crippen LogP contribution in [0.3, 0.4) is 0 Å². The molecule has 1 aromatic carbocycles.